The van der Waals surface area contributed by atoms with E-state index in [2.05, 4.69) is 171 Å². The summed E-state index contributed by atoms with van der Waals surface area (Å²) in [5.41, 5.74) is 8.36. The Kier molecular flexibility index (Phi) is 11.9. The highest BCUT2D eigenvalue weighted by Gasteiger charge is 2.27. The summed E-state index contributed by atoms with van der Waals surface area (Å²) in [7, 11) is 0. The Morgan fingerprint density at radius 3 is 1.10 bits per heavy atom. The summed E-state index contributed by atoms with van der Waals surface area (Å²) in [5.74, 6) is 0. The van der Waals surface area contributed by atoms with Gasteiger partial charge in [0, 0.05) is 22.2 Å². The third kappa shape index (κ3) is 11.3. The molecule has 0 saturated carbocycles. The molecule has 2 heteroatoms. The fraction of sp³-hybridized carbons (Fsp3) is 0.615. The van der Waals surface area contributed by atoms with Crippen molar-refractivity contribution in [1.29, 1.82) is 0 Å². The van der Waals surface area contributed by atoms with Gasteiger partial charge in [-0.05, 0) is 66.8 Å². The largest absolute Gasteiger partial charge is 0.260 e. The van der Waals surface area contributed by atoms with Gasteiger partial charge in [-0.3, -0.25) is 4.98 Å². The van der Waals surface area contributed by atoms with Crippen molar-refractivity contribution in [1.82, 2.24) is 4.98 Å². The van der Waals surface area contributed by atoms with Gasteiger partial charge >= 0.3 is 0 Å². The molecule has 0 aliphatic rings. The van der Waals surface area contributed by atoms with Crippen molar-refractivity contribution in [3.63, 3.8) is 0 Å². The van der Waals surface area contributed by atoms with E-state index >= 15 is 0 Å². The van der Waals surface area contributed by atoms with Gasteiger partial charge in [0.15, 0.2) is 0 Å². The number of thiophene rings is 1. The second-order valence-electron chi connectivity index (χ2n) is 17.6. The average molecular weight is 578 g/mol. The monoisotopic (exact) mass is 577 g/mol. The minimum absolute atomic E-state index is 0.129. The van der Waals surface area contributed by atoms with Crippen LogP contribution >= 0.6 is 11.3 Å². The lowest BCUT2D eigenvalue weighted by molar-refractivity contribution is 0.514. The second kappa shape index (κ2) is 13.2. The highest BCUT2D eigenvalue weighted by Crippen LogP contribution is 2.37. The predicted octanol–water partition coefficient (Wildman–Crippen LogP) is 12.3. The highest BCUT2D eigenvalue weighted by molar-refractivity contribution is 7.10. The molecule has 230 valence electrons. The van der Waals surface area contributed by atoms with Gasteiger partial charge < -0.3 is 0 Å². The van der Waals surface area contributed by atoms with Crippen LogP contribution in [-0.4, -0.2) is 4.98 Å². The van der Waals surface area contributed by atoms with Crippen LogP contribution in [0.4, 0.5) is 0 Å². The van der Waals surface area contributed by atoms with Crippen molar-refractivity contribution in [2.45, 2.75) is 157 Å². The second-order valence-corrected chi connectivity index (χ2v) is 18.5. The SMILES string of the molecule is CC(C)(C)c1ccccc1C(C)(C)C.CC(C)(C)c1cccnc1C(C)(C)C.CC(C)(C)c1ccsc1C(C)(C)C. The average Bonchev–Trinajstić information content (AvgIpc) is 3.29. The van der Waals surface area contributed by atoms with E-state index < -0.39 is 0 Å². The van der Waals surface area contributed by atoms with Crippen LogP contribution in [0.2, 0.25) is 0 Å². The summed E-state index contributed by atoms with van der Waals surface area (Å²) < 4.78 is 0. The van der Waals surface area contributed by atoms with Crippen LogP contribution in [0.3, 0.4) is 0 Å². The number of benzene rings is 1. The van der Waals surface area contributed by atoms with Gasteiger partial charge in [0.1, 0.15) is 0 Å². The molecule has 0 saturated heterocycles. The molecule has 0 atom stereocenters. The summed E-state index contributed by atoms with van der Waals surface area (Å²) in [6, 6.07) is 15.3. The third-order valence-corrected chi connectivity index (χ3v) is 8.36. The van der Waals surface area contributed by atoms with E-state index in [9.17, 15) is 0 Å². The lowest BCUT2D eigenvalue weighted by Gasteiger charge is -2.29. The van der Waals surface area contributed by atoms with Crippen LogP contribution in [0.15, 0.2) is 54.0 Å². The standard InChI is InChI=1S/C14H22.C13H21N.C12H20S/c1-13(2,3)11-9-7-8-10-12(11)14(4,5)6;1-12(2,3)10-8-7-9-14-11(10)13(4,5)6;1-11(2,3)9-7-8-13-10(9)12(4,5)6/h7-10H,1-6H3;7-9H,1-6H3;7-8H,1-6H3. The summed E-state index contributed by atoms with van der Waals surface area (Å²) in [4.78, 5) is 6.04. The van der Waals surface area contributed by atoms with Gasteiger partial charge in [0.2, 0.25) is 0 Å². The van der Waals surface area contributed by atoms with Crippen LogP contribution in [-0.2, 0) is 32.5 Å². The first-order chi connectivity index (χ1) is 18.2. The molecule has 0 aliphatic carbocycles. The Hall–Kier alpha value is -1.93. The van der Waals surface area contributed by atoms with Gasteiger partial charge in [0.25, 0.3) is 0 Å². The molecule has 3 aromatic rings. The van der Waals surface area contributed by atoms with Crippen molar-refractivity contribution in [2.24, 2.45) is 0 Å². The van der Waals surface area contributed by atoms with Gasteiger partial charge in [-0.2, -0.15) is 0 Å². The fourth-order valence-electron chi connectivity index (χ4n) is 4.88. The van der Waals surface area contributed by atoms with Crippen molar-refractivity contribution >= 4 is 11.3 Å². The van der Waals surface area contributed by atoms with E-state index in [1.807, 2.05) is 23.6 Å². The Morgan fingerprint density at radius 2 is 0.805 bits per heavy atom. The Morgan fingerprint density at radius 1 is 0.415 bits per heavy atom. The van der Waals surface area contributed by atoms with E-state index in [0.717, 1.165) is 0 Å². The molecule has 0 fully saturated rings. The van der Waals surface area contributed by atoms with Crippen LogP contribution in [0.1, 0.15) is 157 Å². The highest BCUT2D eigenvalue weighted by atomic mass is 32.1. The van der Waals surface area contributed by atoms with Crippen LogP contribution in [0.25, 0.3) is 0 Å². The molecule has 0 amide bonds. The molecule has 0 bridgehead atoms. The smallest absolute Gasteiger partial charge is 0.0494 e. The molecule has 1 aromatic carbocycles. The lowest BCUT2D eigenvalue weighted by Crippen LogP contribution is -2.23. The lowest BCUT2D eigenvalue weighted by atomic mass is 9.75. The maximum absolute atomic E-state index is 4.52. The van der Waals surface area contributed by atoms with Crippen LogP contribution < -0.4 is 0 Å². The van der Waals surface area contributed by atoms with E-state index in [1.165, 1.54) is 32.8 Å². The van der Waals surface area contributed by atoms with Gasteiger partial charge in [-0.25, -0.2) is 0 Å². The maximum Gasteiger partial charge on any atom is 0.0494 e. The number of aromatic nitrogens is 1. The maximum atomic E-state index is 4.52. The molecule has 0 aliphatic heterocycles. The van der Waals surface area contributed by atoms with Crippen molar-refractivity contribution in [3.05, 3.63) is 86.9 Å². The molecular formula is C39H63NS. The fourth-order valence-corrected chi connectivity index (χ4v) is 6.07. The van der Waals surface area contributed by atoms with Gasteiger partial charge in [-0.15, -0.1) is 11.3 Å². The summed E-state index contributed by atoms with van der Waals surface area (Å²) in [6.07, 6.45) is 1.88. The molecule has 2 aromatic heterocycles. The van der Waals surface area contributed by atoms with Gasteiger partial charge in [0.05, 0.1) is 0 Å². The molecule has 0 spiro atoms. The molecule has 0 N–H and O–H groups in total. The Balaban J connectivity index is 0.000000308. The molecule has 2 heterocycles. The number of pyridine rings is 1. The predicted molar refractivity (Wildman–Crippen MR) is 187 cm³/mol. The van der Waals surface area contributed by atoms with Crippen molar-refractivity contribution < 1.29 is 0 Å². The van der Waals surface area contributed by atoms with Crippen molar-refractivity contribution in [3.8, 4) is 0 Å². The summed E-state index contributed by atoms with van der Waals surface area (Å²) >= 11 is 1.88. The molecule has 0 radical (unpaired) electrons. The minimum atomic E-state index is 0.129. The van der Waals surface area contributed by atoms with E-state index in [4.69, 9.17) is 0 Å². The molecular weight excluding hydrogens is 515 g/mol. The van der Waals surface area contributed by atoms with E-state index in [1.54, 1.807) is 0 Å². The van der Waals surface area contributed by atoms with Crippen LogP contribution in [0.5, 0.6) is 0 Å². The first kappa shape index (κ1) is 37.1. The third-order valence-electron chi connectivity index (χ3n) is 7.02. The quantitative estimate of drug-likeness (QED) is 0.259. The molecule has 1 nitrogen and oxygen atoms in total. The topological polar surface area (TPSA) is 12.9 Å². The first-order valence-electron chi connectivity index (χ1n) is 15.3. The van der Waals surface area contributed by atoms with E-state index in [0.29, 0.717) is 0 Å². The Labute approximate surface area is 259 Å². The number of hydrogen-bond acceptors (Lipinski definition) is 2. The van der Waals surface area contributed by atoms with Gasteiger partial charge in [-0.1, -0.05) is 155 Å². The van der Waals surface area contributed by atoms with E-state index in [-0.39, 0.29) is 32.5 Å². The first-order valence-corrected chi connectivity index (χ1v) is 16.2. The number of nitrogens with zero attached hydrogens (tertiary/aromatic N) is 1. The summed E-state index contributed by atoms with van der Waals surface area (Å²) in [6.45, 7) is 40.7. The zero-order chi connectivity index (χ0) is 32.2. The summed E-state index contributed by atoms with van der Waals surface area (Å²) in [5, 5.41) is 2.21. The molecule has 41 heavy (non-hydrogen) atoms. The zero-order valence-electron chi connectivity index (χ0n) is 30.1. The molecule has 3 rings (SSSR count). The van der Waals surface area contributed by atoms with Crippen molar-refractivity contribution in [2.75, 3.05) is 0 Å². The van der Waals surface area contributed by atoms with Crippen LogP contribution in [0, 0.1) is 0 Å². The Bertz CT molecular complexity index is 1050. The zero-order valence-corrected chi connectivity index (χ0v) is 30.9. The number of hydrogen-bond donors (Lipinski definition) is 0. The number of rotatable bonds is 0. The minimum Gasteiger partial charge on any atom is -0.260 e. The molecule has 0 unspecified atom stereocenters. The normalized spacial score (nSPS) is 13.1.